The number of Topliss-reactive ketones (excluding diaryl/α,β-unsaturated/α-hetero) is 1. The van der Waals surface area contributed by atoms with Crippen molar-refractivity contribution < 1.29 is 9.53 Å². The third kappa shape index (κ3) is 2.54. The van der Waals surface area contributed by atoms with Crippen molar-refractivity contribution in [2.24, 2.45) is 0 Å². The average Bonchev–Trinajstić information content (AvgIpc) is 2.83. The van der Waals surface area contributed by atoms with Crippen LogP contribution < -0.4 is 4.74 Å². The number of carbonyl (C=O) groups excluding carboxylic acids is 1. The fraction of sp³-hybridized carbons (Fsp3) is 0.350. The van der Waals surface area contributed by atoms with Gasteiger partial charge in [-0.25, -0.2) is 0 Å². The Balaban J connectivity index is 2.04. The first-order chi connectivity index (χ1) is 10.4. The molecule has 22 heavy (non-hydrogen) atoms. The molecule has 3 rings (SSSR count). The third-order valence-corrected chi connectivity index (χ3v) is 4.50. The minimum atomic E-state index is 0.0884. The van der Waals surface area contributed by atoms with Gasteiger partial charge in [0.15, 0.2) is 5.78 Å². The van der Waals surface area contributed by atoms with Crippen LogP contribution >= 0.6 is 0 Å². The topological polar surface area (TPSA) is 26.3 Å². The van der Waals surface area contributed by atoms with Crippen LogP contribution in [0, 0.1) is 0 Å². The van der Waals surface area contributed by atoms with Gasteiger partial charge in [0.1, 0.15) is 5.75 Å². The summed E-state index contributed by atoms with van der Waals surface area (Å²) in [6, 6.07) is 14.4. The maximum atomic E-state index is 12.3. The van der Waals surface area contributed by atoms with Gasteiger partial charge in [0.25, 0.3) is 0 Å². The molecule has 0 spiro atoms. The largest absolute Gasteiger partial charge is 0.497 e. The van der Waals surface area contributed by atoms with Gasteiger partial charge in [0.05, 0.1) is 7.11 Å². The number of fused-ring (bicyclic) bond motifs is 1. The fourth-order valence-electron chi connectivity index (χ4n) is 3.11. The molecule has 0 radical (unpaired) electrons. The van der Waals surface area contributed by atoms with E-state index in [0.717, 1.165) is 11.3 Å². The van der Waals surface area contributed by atoms with E-state index in [1.54, 1.807) is 7.11 Å². The fourth-order valence-corrected chi connectivity index (χ4v) is 3.11. The van der Waals surface area contributed by atoms with Gasteiger partial charge in [0.2, 0.25) is 0 Å². The standard InChI is InChI=1S/C20H22O2/c1-20(2,3)14-7-10-16-18(11-14)17(12-19(16)21)13-5-8-15(22-4)9-6-13/h5-11,17H,12H2,1-4H3. The van der Waals surface area contributed by atoms with Gasteiger partial charge in [-0.05, 0) is 34.2 Å². The lowest BCUT2D eigenvalue weighted by molar-refractivity contribution is 0.0991. The van der Waals surface area contributed by atoms with Crippen LogP contribution in [-0.4, -0.2) is 12.9 Å². The normalized spacial score (nSPS) is 17.5. The molecular formula is C20H22O2. The van der Waals surface area contributed by atoms with Crippen molar-refractivity contribution in [3.8, 4) is 5.75 Å². The lowest BCUT2D eigenvalue weighted by atomic mass is 9.83. The Kier molecular flexibility index (Phi) is 3.56. The van der Waals surface area contributed by atoms with E-state index >= 15 is 0 Å². The Morgan fingerprint density at radius 3 is 2.32 bits per heavy atom. The summed E-state index contributed by atoms with van der Waals surface area (Å²) in [4.78, 5) is 12.3. The number of hydrogen-bond donors (Lipinski definition) is 0. The molecule has 2 aromatic carbocycles. The van der Waals surface area contributed by atoms with Gasteiger partial charge in [-0.15, -0.1) is 0 Å². The molecule has 0 amide bonds. The number of hydrogen-bond acceptors (Lipinski definition) is 2. The van der Waals surface area contributed by atoms with Gasteiger partial charge in [-0.2, -0.15) is 0 Å². The smallest absolute Gasteiger partial charge is 0.164 e. The molecule has 0 aliphatic heterocycles. The Bertz CT molecular complexity index is 705. The summed E-state index contributed by atoms with van der Waals surface area (Å²) in [5.74, 6) is 1.25. The molecule has 0 heterocycles. The number of ether oxygens (including phenoxy) is 1. The first kappa shape index (κ1) is 14.8. The lowest BCUT2D eigenvalue weighted by Gasteiger charge is -2.21. The molecule has 0 saturated heterocycles. The summed E-state index contributed by atoms with van der Waals surface area (Å²) in [6.07, 6.45) is 0.565. The molecule has 114 valence electrons. The third-order valence-electron chi connectivity index (χ3n) is 4.50. The summed E-state index contributed by atoms with van der Waals surface area (Å²) in [5.41, 5.74) is 4.60. The van der Waals surface area contributed by atoms with Crippen molar-refractivity contribution >= 4 is 5.78 Å². The van der Waals surface area contributed by atoms with E-state index in [1.165, 1.54) is 16.7 Å². The Morgan fingerprint density at radius 2 is 1.73 bits per heavy atom. The van der Waals surface area contributed by atoms with E-state index in [1.807, 2.05) is 18.2 Å². The van der Waals surface area contributed by atoms with Crippen LogP contribution in [0.25, 0.3) is 0 Å². The van der Waals surface area contributed by atoms with Crippen molar-refractivity contribution in [1.82, 2.24) is 0 Å². The number of ketones is 1. The van der Waals surface area contributed by atoms with Crippen LogP contribution in [0.4, 0.5) is 0 Å². The highest BCUT2D eigenvalue weighted by Gasteiger charge is 2.31. The number of benzene rings is 2. The predicted molar refractivity (Wildman–Crippen MR) is 88.9 cm³/mol. The van der Waals surface area contributed by atoms with Gasteiger partial charge in [0, 0.05) is 17.9 Å². The number of carbonyl (C=O) groups is 1. The molecule has 1 aliphatic rings. The van der Waals surface area contributed by atoms with Crippen LogP contribution in [0.15, 0.2) is 42.5 Å². The first-order valence-electron chi connectivity index (χ1n) is 7.72. The SMILES string of the molecule is COc1ccc(C2CC(=O)c3ccc(C(C)(C)C)cc32)cc1. The minimum Gasteiger partial charge on any atom is -0.497 e. The highest BCUT2D eigenvalue weighted by molar-refractivity contribution is 6.02. The van der Waals surface area contributed by atoms with Gasteiger partial charge in [-0.3, -0.25) is 4.79 Å². The van der Waals surface area contributed by atoms with E-state index in [9.17, 15) is 4.79 Å². The molecule has 0 saturated carbocycles. The van der Waals surface area contributed by atoms with Crippen LogP contribution in [-0.2, 0) is 5.41 Å². The Hall–Kier alpha value is -2.09. The van der Waals surface area contributed by atoms with Crippen molar-refractivity contribution in [2.75, 3.05) is 7.11 Å². The second kappa shape index (κ2) is 5.28. The predicted octanol–water partition coefficient (Wildman–Crippen LogP) is 4.71. The lowest BCUT2D eigenvalue weighted by Crippen LogP contribution is -2.12. The van der Waals surface area contributed by atoms with Crippen LogP contribution in [0.3, 0.4) is 0 Å². The summed E-state index contributed by atoms with van der Waals surface area (Å²) >= 11 is 0. The molecule has 2 nitrogen and oxygen atoms in total. The second-order valence-electron chi connectivity index (χ2n) is 7.01. The zero-order chi connectivity index (χ0) is 15.9. The Morgan fingerprint density at radius 1 is 1.05 bits per heavy atom. The zero-order valence-electron chi connectivity index (χ0n) is 13.6. The number of methoxy groups -OCH3 is 1. The van der Waals surface area contributed by atoms with Crippen molar-refractivity contribution in [2.45, 2.75) is 38.5 Å². The van der Waals surface area contributed by atoms with E-state index < -0.39 is 0 Å². The molecule has 1 aliphatic carbocycles. The van der Waals surface area contributed by atoms with E-state index in [4.69, 9.17) is 4.74 Å². The molecule has 0 fully saturated rings. The van der Waals surface area contributed by atoms with E-state index in [0.29, 0.717) is 6.42 Å². The maximum Gasteiger partial charge on any atom is 0.164 e. The van der Waals surface area contributed by atoms with Gasteiger partial charge >= 0.3 is 0 Å². The molecule has 2 heteroatoms. The Labute approximate surface area is 132 Å². The molecule has 0 N–H and O–H groups in total. The summed E-state index contributed by atoms with van der Waals surface area (Å²) in [6.45, 7) is 6.61. The molecule has 0 bridgehead atoms. The second-order valence-corrected chi connectivity index (χ2v) is 7.01. The quantitative estimate of drug-likeness (QED) is 0.801. The van der Waals surface area contributed by atoms with E-state index in [-0.39, 0.29) is 17.1 Å². The van der Waals surface area contributed by atoms with Crippen molar-refractivity contribution in [1.29, 1.82) is 0 Å². The zero-order valence-corrected chi connectivity index (χ0v) is 13.6. The summed E-state index contributed by atoms with van der Waals surface area (Å²) in [5, 5.41) is 0. The highest BCUT2D eigenvalue weighted by atomic mass is 16.5. The summed E-state index contributed by atoms with van der Waals surface area (Å²) in [7, 11) is 1.67. The van der Waals surface area contributed by atoms with E-state index in [2.05, 4.69) is 45.0 Å². The average molecular weight is 294 g/mol. The van der Waals surface area contributed by atoms with Gasteiger partial charge < -0.3 is 4.74 Å². The van der Waals surface area contributed by atoms with Crippen LogP contribution in [0.5, 0.6) is 5.75 Å². The van der Waals surface area contributed by atoms with Crippen LogP contribution in [0.1, 0.15) is 60.2 Å². The minimum absolute atomic E-state index is 0.0884. The highest BCUT2D eigenvalue weighted by Crippen LogP contribution is 2.40. The monoisotopic (exact) mass is 294 g/mol. The molecule has 0 aromatic heterocycles. The van der Waals surface area contributed by atoms with Crippen molar-refractivity contribution in [3.05, 3.63) is 64.7 Å². The molecular weight excluding hydrogens is 272 g/mol. The summed E-state index contributed by atoms with van der Waals surface area (Å²) < 4.78 is 5.22. The molecule has 1 atom stereocenters. The van der Waals surface area contributed by atoms with Crippen LogP contribution in [0.2, 0.25) is 0 Å². The van der Waals surface area contributed by atoms with Gasteiger partial charge in [-0.1, -0.05) is 51.1 Å². The molecule has 2 aromatic rings. The molecule has 1 unspecified atom stereocenters. The number of rotatable bonds is 2. The first-order valence-corrected chi connectivity index (χ1v) is 7.72. The van der Waals surface area contributed by atoms with Crippen molar-refractivity contribution in [3.63, 3.8) is 0 Å². The maximum absolute atomic E-state index is 12.3.